The molecule has 0 spiro atoms. The summed E-state index contributed by atoms with van der Waals surface area (Å²) in [6.45, 7) is 4.27. The molecule has 0 aromatic heterocycles. The third-order valence-electron chi connectivity index (χ3n) is 15.3. The first-order chi connectivity index (χ1) is 37.4. The molecule has 0 aliphatic rings. The first-order valence-electron chi connectivity index (χ1n) is 30.8. The van der Waals surface area contributed by atoms with Crippen LogP contribution in [0.3, 0.4) is 0 Å². The minimum absolute atomic E-state index is 0.119. The number of fused-ring (bicyclic) bond motifs is 2. The van der Waals surface area contributed by atoms with Crippen LogP contribution >= 0.6 is 0 Å². The van der Waals surface area contributed by atoms with Gasteiger partial charge in [-0.05, 0) is 120 Å². The molecule has 0 saturated carbocycles. The zero-order valence-electron chi connectivity index (χ0n) is 47.5. The molecule has 1 atom stereocenters. The van der Waals surface area contributed by atoms with Crippen LogP contribution in [-0.4, -0.2) is 43.0 Å². The molecule has 0 aliphatic heterocycles. The minimum atomic E-state index is -0.832. The summed E-state index contributed by atoms with van der Waals surface area (Å²) in [7, 11) is 0. The van der Waals surface area contributed by atoms with E-state index < -0.39 is 6.10 Å². The van der Waals surface area contributed by atoms with E-state index in [-0.39, 0.29) is 49.7 Å². The minimum Gasteiger partial charge on any atom is -0.462 e. The van der Waals surface area contributed by atoms with Gasteiger partial charge in [0.25, 0.3) is 0 Å². The van der Waals surface area contributed by atoms with E-state index in [1.54, 1.807) is 0 Å². The fraction of sp³-hybridized carbons (Fsp3) is 0.594. The third-order valence-corrected chi connectivity index (χ3v) is 15.3. The average molecular weight is 1040 g/mol. The molecule has 0 amide bonds. The molecule has 0 saturated heterocycles. The number of rotatable bonds is 45. The van der Waals surface area contributed by atoms with Gasteiger partial charge in [0.1, 0.15) is 13.2 Å². The number of carbonyl (C=O) groups excluding carboxylic acids is 4. The Morgan fingerprint density at radius 3 is 1.18 bits per heavy atom. The molecule has 0 aliphatic carbocycles. The predicted octanol–water partition coefficient (Wildman–Crippen LogP) is 20.1. The van der Waals surface area contributed by atoms with Gasteiger partial charge in [0.05, 0.1) is 0 Å². The van der Waals surface area contributed by atoms with Crippen molar-refractivity contribution in [3.8, 4) is 0 Å². The van der Waals surface area contributed by atoms with Crippen molar-refractivity contribution in [2.24, 2.45) is 0 Å². The highest BCUT2D eigenvalue weighted by molar-refractivity contribution is 6.34. The van der Waals surface area contributed by atoms with E-state index in [9.17, 15) is 19.2 Å². The van der Waals surface area contributed by atoms with Crippen molar-refractivity contribution in [3.63, 3.8) is 0 Å². The Morgan fingerprint density at radius 1 is 0.368 bits per heavy atom. The molecular weight excluding hydrogens is 941 g/mol. The number of esters is 3. The molecule has 1 unspecified atom stereocenters. The van der Waals surface area contributed by atoms with Gasteiger partial charge in [0.15, 0.2) is 11.9 Å². The molecule has 0 N–H and O–H groups in total. The summed E-state index contributed by atoms with van der Waals surface area (Å²) in [4.78, 5) is 52.2. The van der Waals surface area contributed by atoms with E-state index >= 15 is 0 Å². The van der Waals surface area contributed by atoms with Crippen LogP contribution in [0, 0.1) is 0 Å². The molecule has 5 aromatic carbocycles. The van der Waals surface area contributed by atoms with E-state index in [1.807, 2.05) is 6.07 Å². The smallest absolute Gasteiger partial charge is 0.306 e. The van der Waals surface area contributed by atoms with Crippen molar-refractivity contribution in [1.82, 2.24) is 0 Å². The highest BCUT2D eigenvalue weighted by Gasteiger charge is 2.20. The molecule has 416 valence electrons. The number of hydrogen-bond acceptors (Lipinski definition) is 7. The summed E-state index contributed by atoms with van der Waals surface area (Å²) in [5.74, 6) is -0.820. The molecule has 7 nitrogen and oxygen atoms in total. The van der Waals surface area contributed by atoms with Gasteiger partial charge in [0, 0.05) is 31.2 Å². The van der Waals surface area contributed by atoms with Crippen LogP contribution in [0.4, 0.5) is 0 Å². The van der Waals surface area contributed by atoms with E-state index in [2.05, 4.69) is 98.8 Å². The number of hydrogen-bond donors (Lipinski definition) is 0. The molecule has 5 aromatic rings. The average Bonchev–Trinajstić information content (AvgIpc) is 3.47. The van der Waals surface area contributed by atoms with E-state index in [4.69, 9.17) is 14.2 Å². The van der Waals surface area contributed by atoms with Crippen LogP contribution in [-0.2, 0) is 28.6 Å². The molecular formula is C69H98O7. The van der Waals surface area contributed by atoms with Crippen molar-refractivity contribution < 1.29 is 33.4 Å². The van der Waals surface area contributed by atoms with Gasteiger partial charge in [-0.15, -0.1) is 0 Å². The largest absolute Gasteiger partial charge is 0.462 e. The summed E-state index contributed by atoms with van der Waals surface area (Å²) < 4.78 is 16.9. The summed E-state index contributed by atoms with van der Waals surface area (Å²) in [5, 5.41) is 9.55. The lowest BCUT2D eigenvalue weighted by Gasteiger charge is -2.18. The van der Waals surface area contributed by atoms with E-state index in [0.717, 1.165) is 107 Å². The fourth-order valence-corrected chi connectivity index (χ4v) is 10.8. The fourth-order valence-electron chi connectivity index (χ4n) is 10.8. The molecule has 76 heavy (non-hydrogen) atoms. The zero-order valence-corrected chi connectivity index (χ0v) is 47.5. The quantitative estimate of drug-likeness (QED) is 0.00729. The second-order valence-corrected chi connectivity index (χ2v) is 21.8. The number of Topliss-reactive ketones (excluding diaryl/α,β-unsaturated/α-hetero) is 1. The first kappa shape index (κ1) is 61.8. The number of unbranched alkanes of at least 4 members (excludes halogenated alkanes) is 27. The maximum Gasteiger partial charge on any atom is 0.306 e. The SMILES string of the molecule is CCCCCCCC/C=C\CCCCCCCC(=O)OCC(COC(=O)CCCCCCCCC(=O)c1ccc2c3cccc4cccc(c5cccc1c52)c43)OC(=O)CCCCCCC/C=C\CCCCCCCC. The van der Waals surface area contributed by atoms with E-state index in [0.29, 0.717) is 19.3 Å². The third kappa shape index (κ3) is 23.3. The number of ether oxygens (including phenoxy) is 3. The van der Waals surface area contributed by atoms with Gasteiger partial charge in [-0.1, -0.05) is 233 Å². The summed E-state index contributed by atoms with van der Waals surface area (Å²) in [6, 6.07) is 23.5. The number of carbonyl (C=O) groups is 4. The van der Waals surface area contributed by atoms with Gasteiger partial charge in [-0.25, -0.2) is 0 Å². The highest BCUT2D eigenvalue weighted by atomic mass is 16.6. The Morgan fingerprint density at radius 2 is 0.724 bits per heavy atom. The molecule has 0 heterocycles. The topological polar surface area (TPSA) is 96.0 Å². The lowest BCUT2D eigenvalue weighted by Crippen LogP contribution is -2.30. The lowest BCUT2D eigenvalue weighted by molar-refractivity contribution is -0.167. The molecule has 0 radical (unpaired) electrons. The Balaban J connectivity index is 0.950. The van der Waals surface area contributed by atoms with Gasteiger partial charge in [-0.3, -0.25) is 19.2 Å². The summed E-state index contributed by atoms with van der Waals surface area (Å²) in [5.41, 5.74) is 0.799. The van der Waals surface area contributed by atoms with Crippen molar-refractivity contribution in [2.75, 3.05) is 13.2 Å². The second kappa shape index (κ2) is 38.5. The van der Waals surface area contributed by atoms with Crippen molar-refractivity contribution in [1.29, 1.82) is 0 Å². The maximum absolute atomic E-state index is 13.7. The zero-order chi connectivity index (χ0) is 53.7. The number of allylic oxidation sites excluding steroid dienone is 4. The van der Waals surface area contributed by atoms with Crippen LogP contribution in [0.15, 0.2) is 91.0 Å². The van der Waals surface area contributed by atoms with E-state index in [1.165, 1.54) is 140 Å². The molecule has 7 heteroatoms. The van der Waals surface area contributed by atoms with Crippen LogP contribution < -0.4 is 0 Å². The van der Waals surface area contributed by atoms with Crippen LogP contribution in [0.2, 0.25) is 0 Å². The van der Waals surface area contributed by atoms with Crippen LogP contribution in [0.5, 0.6) is 0 Å². The van der Waals surface area contributed by atoms with Gasteiger partial charge >= 0.3 is 17.9 Å². The van der Waals surface area contributed by atoms with Crippen LogP contribution in [0.25, 0.3) is 43.1 Å². The van der Waals surface area contributed by atoms with Gasteiger partial charge in [-0.2, -0.15) is 0 Å². The number of ketones is 1. The Kier molecular flexibility index (Phi) is 31.3. The Hall–Kier alpha value is -5.04. The predicted molar refractivity (Wildman–Crippen MR) is 320 cm³/mol. The highest BCUT2D eigenvalue weighted by Crippen LogP contribution is 2.41. The molecule has 5 rings (SSSR count). The number of benzene rings is 5. The molecule has 0 fully saturated rings. The summed E-state index contributed by atoms with van der Waals surface area (Å²) >= 11 is 0. The standard InChI is InChI=1S/C69H98O7/c1-3-5-7-9-11-13-15-17-19-21-23-25-27-32-36-49-65(71)74-54-57(76-67(73)51-38-34-28-26-24-22-20-18-16-14-12-10-8-6-4-2)55-75-66(72)50-37-33-30-29-31-35-48-64(70)58-52-53-63-61-45-40-43-56-42-39-44-60(68(56)61)62-47-41-46-59(58)69(62)63/h17-20,39-47,52-53,57H,3-16,21-38,48-51,54-55H2,1-2H3/b19-17-,20-18-. The van der Waals surface area contributed by atoms with Crippen LogP contribution in [0.1, 0.15) is 255 Å². The van der Waals surface area contributed by atoms with Gasteiger partial charge in [0.2, 0.25) is 0 Å². The van der Waals surface area contributed by atoms with Crippen molar-refractivity contribution in [2.45, 2.75) is 251 Å². The summed E-state index contributed by atoms with van der Waals surface area (Å²) in [6.07, 6.45) is 46.1. The van der Waals surface area contributed by atoms with Crippen molar-refractivity contribution in [3.05, 3.63) is 96.6 Å². The second-order valence-electron chi connectivity index (χ2n) is 21.8. The van der Waals surface area contributed by atoms with Gasteiger partial charge < -0.3 is 14.2 Å². The first-order valence-corrected chi connectivity index (χ1v) is 30.8. The maximum atomic E-state index is 13.7. The normalized spacial score (nSPS) is 12.3. The monoisotopic (exact) mass is 1040 g/mol. The molecule has 0 bridgehead atoms. The Bertz CT molecular complexity index is 2410. The lowest BCUT2D eigenvalue weighted by atomic mass is 9.87. The van der Waals surface area contributed by atoms with Crippen molar-refractivity contribution >= 4 is 66.8 Å². The Labute approximate surface area is 459 Å².